The molecule has 3 rings (SSSR count). The molecule has 0 aromatic carbocycles. The van der Waals surface area contributed by atoms with Crippen LogP contribution in [0.2, 0.25) is 0 Å². The van der Waals surface area contributed by atoms with Crippen LogP contribution in [0.3, 0.4) is 0 Å². The Kier molecular flexibility index (Phi) is 4.76. The molecule has 2 aromatic rings. The highest BCUT2D eigenvalue weighted by Gasteiger charge is 2.27. The first-order valence-electron chi connectivity index (χ1n) is 8.10. The summed E-state index contributed by atoms with van der Waals surface area (Å²) in [6, 6.07) is 7.18. The molecular formula is C18H21N3O3. The summed E-state index contributed by atoms with van der Waals surface area (Å²) in [4.78, 5) is 33.4. The van der Waals surface area contributed by atoms with Gasteiger partial charge in [-0.2, -0.15) is 0 Å². The Morgan fingerprint density at radius 1 is 1.29 bits per heavy atom. The number of ether oxygens (including phenoxy) is 1. The van der Waals surface area contributed by atoms with E-state index in [0.717, 1.165) is 11.3 Å². The molecule has 1 fully saturated rings. The number of amides is 1. The minimum Gasteiger partial charge on any atom is -0.370 e. The number of aromatic amines is 1. The maximum atomic E-state index is 12.7. The lowest BCUT2D eigenvalue weighted by Crippen LogP contribution is -2.43. The monoisotopic (exact) mass is 327 g/mol. The standard InChI is InChI=1S/C18H21N3O3/c1-12(2)15-4-3-14(17(22)20-15)18(23)21-9-10-24-16(11-21)13-5-7-19-8-6-13/h3-8,12,16H,9-11H2,1-2H3,(H,20,22)/t16-/m0/s1. The first-order valence-corrected chi connectivity index (χ1v) is 8.10. The third-order valence-corrected chi connectivity index (χ3v) is 4.22. The third kappa shape index (κ3) is 3.38. The van der Waals surface area contributed by atoms with Gasteiger partial charge in [0.1, 0.15) is 11.7 Å². The molecule has 24 heavy (non-hydrogen) atoms. The molecule has 126 valence electrons. The molecule has 1 N–H and O–H groups in total. The fourth-order valence-corrected chi connectivity index (χ4v) is 2.78. The van der Waals surface area contributed by atoms with E-state index in [-0.39, 0.29) is 29.1 Å². The Balaban J connectivity index is 1.79. The Morgan fingerprint density at radius 3 is 2.71 bits per heavy atom. The summed E-state index contributed by atoms with van der Waals surface area (Å²) in [5.41, 5.74) is 1.65. The molecule has 1 amide bonds. The number of hydrogen-bond donors (Lipinski definition) is 1. The zero-order valence-corrected chi connectivity index (χ0v) is 13.9. The number of carbonyl (C=O) groups excluding carboxylic acids is 1. The van der Waals surface area contributed by atoms with Crippen LogP contribution in [0.15, 0.2) is 41.5 Å². The number of H-pyrrole nitrogens is 1. The zero-order valence-electron chi connectivity index (χ0n) is 13.9. The second-order valence-corrected chi connectivity index (χ2v) is 6.20. The number of hydrogen-bond acceptors (Lipinski definition) is 4. The Hall–Kier alpha value is -2.47. The fraction of sp³-hybridized carbons (Fsp3) is 0.389. The van der Waals surface area contributed by atoms with Gasteiger partial charge >= 0.3 is 0 Å². The molecular weight excluding hydrogens is 306 g/mol. The van der Waals surface area contributed by atoms with Gasteiger partial charge in [0.15, 0.2) is 0 Å². The van der Waals surface area contributed by atoms with Crippen LogP contribution in [0.5, 0.6) is 0 Å². The average Bonchev–Trinajstić information content (AvgIpc) is 2.62. The molecule has 0 radical (unpaired) electrons. The van der Waals surface area contributed by atoms with Gasteiger partial charge in [0.05, 0.1) is 13.2 Å². The van der Waals surface area contributed by atoms with E-state index in [4.69, 9.17) is 4.74 Å². The van der Waals surface area contributed by atoms with Crippen molar-refractivity contribution in [2.45, 2.75) is 25.9 Å². The second kappa shape index (κ2) is 6.97. The number of morpholine rings is 1. The molecule has 0 bridgehead atoms. The van der Waals surface area contributed by atoms with E-state index in [1.165, 1.54) is 0 Å². The molecule has 1 aliphatic rings. The lowest BCUT2D eigenvalue weighted by atomic mass is 10.1. The van der Waals surface area contributed by atoms with Gasteiger partial charge in [-0.1, -0.05) is 13.8 Å². The van der Waals surface area contributed by atoms with Crippen molar-refractivity contribution < 1.29 is 9.53 Å². The molecule has 6 nitrogen and oxygen atoms in total. The predicted molar refractivity (Wildman–Crippen MR) is 90.0 cm³/mol. The molecule has 1 saturated heterocycles. The number of nitrogens with zero attached hydrogens (tertiary/aromatic N) is 2. The van der Waals surface area contributed by atoms with Crippen molar-refractivity contribution in [1.29, 1.82) is 0 Å². The number of nitrogens with one attached hydrogen (secondary N) is 1. The quantitative estimate of drug-likeness (QED) is 0.937. The zero-order chi connectivity index (χ0) is 17.1. The van der Waals surface area contributed by atoms with Crippen LogP contribution < -0.4 is 5.56 Å². The summed E-state index contributed by atoms with van der Waals surface area (Å²) in [5, 5.41) is 0. The van der Waals surface area contributed by atoms with Gasteiger partial charge in [-0.3, -0.25) is 14.6 Å². The van der Waals surface area contributed by atoms with Crippen molar-refractivity contribution in [3.63, 3.8) is 0 Å². The largest absolute Gasteiger partial charge is 0.370 e. The molecule has 6 heteroatoms. The van der Waals surface area contributed by atoms with Crippen molar-refractivity contribution in [1.82, 2.24) is 14.9 Å². The molecule has 1 atom stereocenters. The Labute approximate surface area is 140 Å². The highest BCUT2D eigenvalue weighted by Crippen LogP contribution is 2.22. The molecule has 0 saturated carbocycles. The lowest BCUT2D eigenvalue weighted by Gasteiger charge is -2.33. The maximum absolute atomic E-state index is 12.7. The van der Waals surface area contributed by atoms with E-state index < -0.39 is 0 Å². The smallest absolute Gasteiger partial charge is 0.261 e. The van der Waals surface area contributed by atoms with Crippen molar-refractivity contribution in [2.24, 2.45) is 0 Å². The highest BCUT2D eigenvalue weighted by molar-refractivity contribution is 5.94. The molecule has 0 unspecified atom stereocenters. The van der Waals surface area contributed by atoms with Gasteiger partial charge in [0, 0.05) is 24.6 Å². The SMILES string of the molecule is CC(C)c1ccc(C(=O)N2CCO[C@H](c3ccncc3)C2)c(=O)[nH]1. The predicted octanol–water partition coefficient (Wildman–Crippen LogP) is 2.11. The number of aromatic nitrogens is 2. The van der Waals surface area contributed by atoms with Crippen molar-refractivity contribution in [2.75, 3.05) is 19.7 Å². The van der Waals surface area contributed by atoms with Gasteiger partial charge in [-0.25, -0.2) is 0 Å². The third-order valence-electron chi connectivity index (χ3n) is 4.22. The number of carbonyl (C=O) groups is 1. The van der Waals surface area contributed by atoms with E-state index in [9.17, 15) is 9.59 Å². The van der Waals surface area contributed by atoms with Gasteiger partial charge in [0.2, 0.25) is 0 Å². The van der Waals surface area contributed by atoms with E-state index in [1.54, 1.807) is 29.4 Å². The summed E-state index contributed by atoms with van der Waals surface area (Å²) >= 11 is 0. The van der Waals surface area contributed by atoms with Crippen LogP contribution >= 0.6 is 0 Å². The number of pyridine rings is 2. The van der Waals surface area contributed by atoms with Crippen molar-refractivity contribution in [3.8, 4) is 0 Å². The lowest BCUT2D eigenvalue weighted by molar-refractivity contribution is -0.0229. The van der Waals surface area contributed by atoms with Gasteiger partial charge in [-0.05, 0) is 35.7 Å². The molecule has 3 heterocycles. The van der Waals surface area contributed by atoms with Crippen molar-refractivity contribution >= 4 is 5.91 Å². The van der Waals surface area contributed by atoms with E-state index >= 15 is 0 Å². The van der Waals surface area contributed by atoms with Crippen molar-refractivity contribution in [3.05, 3.63) is 63.8 Å². The van der Waals surface area contributed by atoms with Crippen LogP contribution in [-0.4, -0.2) is 40.5 Å². The molecule has 2 aromatic heterocycles. The number of rotatable bonds is 3. The normalized spacial score (nSPS) is 18.0. The summed E-state index contributed by atoms with van der Waals surface area (Å²) in [6.45, 7) is 5.34. The molecule has 0 aliphatic carbocycles. The van der Waals surface area contributed by atoms with Gasteiger partial charge in [-0.15, -0.1) is 0 Å². The summed E-state index contributed by atoms with van der Waals surface area (Å²) in [5.74, 6) is -0.0461. The minimum atomic E-state index is -0.335. The second-order valence-electron chi connectivity index (χ2n) is 6.20. The van der Waals surface area contributed by atoms with Crippen LogP contribution in [0.4, 0.5) is 0 Å². The highest BCUT2D eigenvalue weighted by atomic mass is 16.5. The fourth-order valence-electron chi connectivity index (χ4n) is 2.78. The van der Waals surface area contributed by atoms with Crippen LogP contribution in [0.1, 0.15) is 47.5 Å². The first kappa shape index (κ1) is 16.4. The van der Waals surface area contributed by atoms with Gasteiger partial charge < -0.3 is 14.6 Å². The van der Waals surface area contributed by atoms with Crippen LogP contribution in [0, 0.1) is 0 Å². The average molecular weight is 327 g/mol. The summed E-state index contributed by atoms with van der Waals surface area (Å²) in [6.07, 6.45) is 3.21. The van der Waals surface area contributed by atoms with Crippen LogP contribution in [0.25, 0.3) is 0 Å². The Bertz CT molecular complexity index is 771. The van der Waals surface area contributed by atoms with E-state index in [0.29, 0.717) is 19.7 Å². The van der Waals surface area contributed by atoms with Gasteiger partial charge in [0.25, 0.3) is 11.5 Å². The summed E-state index contributed by atoms with van der Waals surface area (Å²) < 4.78 is 5.75. The molecule has 1 aliphatic heterocycles. The maximum Gasteiger partial charge on any atom is 0.261 e. The first-order chi connectivity index (χ1) is 11.6. The van der Waals surface area contributed by atoms with E-state index in [1.807, 2.05) is 26.0 Å². The Morgan fingerprint density at radius 2 is 2.04 bits per heavy atom. The minimum absolute atomic E-state index is 0.176. The van der Waals surface area contributed by atoms with Crippen LogP contribution in [-0.2, 0) is 4.74 Å². The van der Waals surface area contributed by atoms with E-state index in [2.05, 4.69) is 9.97 Å². The summed E-state index contributed by atoms with van der Waals surface area (Å²) in [7, 11) is 0. The topological polar surface area (TPSA) is 75.3 Å². The molecule has 0 spiro atoms.